The van der Waals surface area contributed by atoms with Gasteiger partial charge in [-0.15, -0.1) is 0 Å². The van der Waals surface area contributed by atoms with E-state index in [9.17, 15) is 4.21 Å². The Labute approximate surface area is 84.8 Å². The smallest absolute Gasteiger partial charge is 0.261 e. The molecule has 0 fully saturated rings. The van der Waals surface area contributed by atoms with Gasteiger partial charge in [-0.05, 0) is 30.7 Å². The zero-order chi connectivity index (χ0) is 9.84. The molecule has 0 aliphatic rings. The Hall–Kier alpha value is -0.580. The third-order valence-electron chi connectivity index (χ3n) is 1.51. The van der Waals surface area contributed by atoms with Gasteiger partial charge < -0.3 is 0 Å². The van der Waals surface area contributed by atoms with Crippen LogP contribution in [0, 0.1) is 6.92 Å². The van der Waals surface area contributed by atoms with Gasteiger partial charge >= 0.3 is 0 Å². The molecular formula is C8H10ClNO2S. The fourth-order valence-electron chi connectivity index (χ4n) is 0.846. The lowest BCUT2D eigenvalue weighted by Crippen LogP contribution is -2.05. The molecule has 1 rings (SSSR count). The summed E-state index contributed by atoms with van der Waals surface area (Å²) < 4.78 is 18.1. The molecule has 1 atom stereocenters. The minimum atomic E-state index is -1.49. The predicted octanol–water partition coefficient (Wildman–Crippen LogP) is 2.29. The minimum absolute atomic E-state index is 0.689. The van der Waals surface area contributed by atoms with E-state index >= 15 is 0 Å². The second-order valence-electron chi connectivity index (χ2n) is 2.47. The van der Waals surface area contributed by atoms with Crippen LogP contribution in [-0.2, 0) is 15.4 Å². The van der Waals surface area contributed by atoms with Gasteiger partial charge in [0.15, 0.2) is 0 Å². The lowest BCUT2D eigenvalue weighted by Gasteiger charge is -2.04. The first-order chi connectivity index (χ1) is 6.13. The predicted molar refractivity (Wildman–Crippen MR) is 55.0 cm³/mol. The van der Waals surface area contributed by atoms with Gasteiger partial charge in [-0.1, -0.05) is 11.6 Å². The summed E-state index contributed by atoms with van der Waals surface area (Å²) >= 11 is 4.33. The van der Waals surface area contributed by atoms with Gasteiger partial charge in [-0.2, -0.15) is 0 Å². The zero-order valence-corrected chi connectivity index (χ0v) is 8.91. The highest BCUT2D eigenvalue weighted by Crippen LogP contribution is 2.19. The van der Waals surface area contributed by atoms with E-state index in [0.717, 1.165) is 11.3 Å². The number of benzene rings is 1. The number of halogens is 1. The van der Waals surface area contributed by atoms with Crippen molar-refractivity contribution in [1.29, 1.82) is 0 Å². The quantitative estimate of drug-likeness (QED) is 0.847. The van der Waals surface area contributed by atoms with Crippen molar-refractivity contribution in [3.63, 3.8) is 0 Å². The van der Waals surface area contributed by atoms with Crippen LogP contribution >= 0.6 is 11.6 Å². The van der Waals surface area contributed by atoms with Gasteiger partial charge in [0.05, 0.1) is 7.11 Å². The fourth-order valence-corrected chi connectivity index (χ4v) is 1.37. The van der Waals surface area contributed by atoms with Gasteiger partial charge in [0.1, 0.15) is 0 Å². The molecule has 0 aromatic heterocycles. The lowest BCUT2D eigenvalue weighted by molar-refractivity contribution is 0.449. The SMILES string of the molecule is COS(=O)Nc1ccc(Cl)c(C)c1. The summed E-state index contributed by atoms with van der Waals surface area (Å²) in [6, 6.07) is 5.29. The summed E-state index contributed by atoms with van der Waals surface area (Å²) in [6.45, 7) is 1.88. The first-order valence-corrected chi connectivity index (χ1v) is 5.08. The third-order valence-corrected chi connectivity index (χ3v) is 2.64. The molecular weight excluding hydrogens is 210 g/mol. The Morgan fingerprint density at radius 2 is 2.23 bits per heavy atom. The van der Waals surface area contributed by atoms with Crippen molar-refractivity contribution >= 4 is 28.6 Å². The maximum Gasteiger partial charge on any atom is 0.261 e. The Kier molecular flexibility index (Phi) is 3.71. The molecule has 1 aromatic rings. The van der Waals surface area contributed by atoms with Crippen molar-refractivity contribution in [2.45, 2.75) is 6.92 Å². The summed E-state index contributed by atoms with van der Waals surface area (Å²) in [5.74, 6) is 0. The van der Waals surface area contributed by atoms with Crippen molar-refractivity contribution < 1.29 is 8.39 Å². The van der Waals surface area contributed by atoms with Gasteiger partial charge in [-0.25, -0.2) is 4.21 Å². The van der Waals surface area contributed by atoms with Gasteiger partial charge in [0.25, 0.3) is 11.3 Å². The number of hydrogen-bond donors (Lipinski definition) is 1. The van der Waals surface area contributed by atoms with Crippen molar-refractivity contribution in [2.75, 3.05) is 11.8 Å². The van der Waals surface area contributed by atoms with Gasteiger partial charge in [0, 0.05) is 10.7 Å². The third kappa shape index (κ3) is 2.99. The first kappa shape index (κ1) is 10.5. The summed E-state index contributed by atoms with van der Waals surface area (Å²) in [4.78, 5) is 0. The molecule has 0 aliphatic carbocycles. The van der Waals surface area contributed by atoms with Gasteiger partial charge in [-0.3, -0.25) is 8.91 Å². The molecule has 0 saturated carbocycles. The van der Waals surface area contributed by atoms with Crippen LogP contribution in [0.2, 0.25) is 5.02 Å². The molecule has 1 N–H and O–H groups in total. The molecule has 0 bridgehead atoms. The number of aryl methyl sites for hydroxylation is 1. The molecule has 13 heavy (non-hydrogen) atoms. The number of anilines is 1. The average molecular weight is 220 g/mol. The van der Waals surface area contributed by atoms with E-state index in [0.29, 0.717) is 5.02 Å². The van der Waals surface area contributed by atoms with Crippen LogP contribution < -0.4 is 4.72 Å². The van der Waals surface area contributed by atoms with Crippen LogP contribution in [0.25, 0.3) is 0 Å². The van der Waals surface area contributed by atoms with Crippen LogP contribution in [-0.4, -0.2) is 11.3 Å². The molecule has 72 valence electrons. The molecule has 0 saturated heterocycles. The summed E-state index contributed by atoms with van der Waals surface area (Å²) in [7, 11) is 1.37. The Balaban J connectivity index is 2.79. The topological polar surface area (TPSA) is 38.3 Å². The maximum atomic E-state index is 10.9. The second-order valence-corrected chi connectivity index (χ2v) is 3.88. The van der Waals surface area contributed by atoms with E-state index in [1.54, 1.807) is 18.2 Å². The van der Waals surface area contributed by atoms with Crippen LogP contribution in [0.1, 0.15) is 5.56 Å². The molecule has 5 heteroatoms. The van der Waals surface area contributed by atoms with Crippen molar-refractivity contribution in [2.24, 2.45) is 0 Å². The molecule has 1 unspecified atom stereocenters. The lowest BCUT2D eigenvalue weighted by atomic mass is 10.2. The second kappa shape index (κ2) is 4.60. The average Bonchev–Trinajstić information content (AvgIpc) is 2.11. The van der Waals surface area contributed by atoms with E-state index in [2.05, 4.69) is 8.91 Å². The monoisotopic (exact) mass is 219 g/mol. The maximum absolute atomic E-state index is 10.9. The van der Waals surface area contributed by atoms with Crippen LogP contribution in [0.4, 0.5) is 5.69 Å². The first-order valence-electron chi connectivity index (χ1n) is 3.62. The van der Waals surface area contributed by atoms with Gasteiger partial charge in [0.2, 0.25) is 0 Å². The minimum Gasteiger partial charge on any atom is -0.282 e. The molecule has 0 amide bonds. The fraction of sp³-hybridized carbons (Fsp3) is 0.250. The Morgan fingerprint density at radius 1 is 1.54 bits per heavy atom. The largest absolute Gasteiger partial charge is 0.282 e. The normalized spacial score (nSPS) is 12.5. The zero-order valence-electron chi connectivity index (χ0n) is 7.33. The van der Waals surface area contributed by atoms with Crippen LogP contribution in [0.5, 0.6) is 0 Å². The standard InChI is InChI=1S/C8H10ClNO2S/c1-6-5-7(3-4-8(6)9)10-13(11)12-2/h3-5,10H,1-2H3. The van der Waals surface area contributed by atoms with E-state index in [1.807, 2.05) is 6.92 Å². The number of hydrogen-bond acceptors (Lipinski definition) is 2. The number of rotatable bonds is 3. The van der Waals surface area contributed by atoms with E-state index < -0.39 is 11.3 Å². The summed E-state index contributed by atoms with van der Waals surface area (Å²) in [5, 5.41) is 0.689. The molecule has 0 aliphatic heterocycles. The summed E-state index contributed by atoms with van der Waals surface area (Å²) in [5.41, 5.74) is 1.65. The van der Waals surface area contributed by atoms with E-state index in [1.165, 1.54) is 7.11 Å². The summed E-state index contributed by atoms with van der Waals surface area (Å²) in [6.07, 6.45) is 0. The molecule has 0 heterocycles. The highest BCUT2D eigenvalue weighted by molar-refractivity contribution is 7.81. The molecule has 3 nitrogen and oxygen atoms in total. The van der Waals surface area contributed by atoms with Crippen molar-refractivity contribution in [1.82, 2.24) is 0 Å². The molecule has 1 aromatic carbocycles. The highest BCUT2D eigenvalue weighted by atomic mass is 35.5. The van der Waals surface area contributed by atoms with Crippen molar-refractivity contribution in [3.05, 3.63) is 28.8 Å². The number of nitrogens with one attached hydrogen (secondary N) is 1. The van der Waals surface area contributed by atoms with Crippen LogP contribution in [0.3, 0.4) is 0 Å². The highest BCUT2D eigenvalue weighted by Gasteiger charge is 2.00. The van der Waals surface area contributed by atoms with Crippen LogP contribution in [0.15, 0.2) is 18.2 Å². The van der Waals surface area contributed by atoms with E-state index in [4.69, 9.17) is 11.6 Å². The van der Waals surface area contributed by atoms with Crippen molar-refractivity contribution in [3.8, 4) is 0 Å². The Bertz CT molecular complexity index is 330. The molecule has 0 spiro atoms. The molecule has 0 radical (unpaired) electrons. The Morgan fingerprint density at radius 3 is 2.77 bits per heavy atom. The van der Waals surface area contributed by atoms with E-state index in [-0.39, 0.29) is 0 Å².